The van der Waals surface area contributed by atoms with Gasteiger partial charge in [-0.2, -0.15) is 0 Å². The van der Waals surface area contributed by atoms with Gasteiger partial charge in [-0.05, 0) is 38.1 Å². The molecule has 3 unspecified atom stereocenters. The van der Waals surface area contributed by atoms with Gasteiger partial charge in [-0.1, -0.05) is 6.42 Å². The molecule has 2 rings (SSSR count). The van der Waals surface area contributed by atoms with Crippen molar-refractivity contribution in [3.05, 3.63) is 0 Å². The van der Waals surface area contributed by atoms with Crippen molar-refractivity contribution < 1.29 is 8.78 Å². The van der Waals surface area contributed by atoms with E-state index in [-0.39, 0.29) is 5.92 Å². The van der Waals surface area contributed by atoms with Crippen molar-refractivity contribution in [3.8, 4) is 0 Å². The Bertz CT molecular complexity index is 183. The summed E-state index contributed by atoms with van der Waals surface area (Å²) in [6, 6.07) is 0. The summed E-state index contributed by atoms with van der Waals surface area (Å²) in [6.07, 6.45) is 1.67. The molecule has 12 heavy (non-hydrogen) atoms. The molecule has 2 bridgehead atoms. The Hall–Kier alpha value is -0.180. The minimum atomic E-state index is -2.20. The van der Waals surface area contributed by atoms with E-state index < -0.39 is 12.0 Å². The summed E-state index contributed by atoms with van der Waals surface area (Å²) in [4.78, 5) is 0. The van der Waals surface area contributed by atoms with Crippen molar-refractivity contribution in [3.63, 3.8) is 0 Å². The van der Waals surface area contributed by atoms with Crippen molar-refractivity contribution in [1.29, 1.82) is 0 Å². The summed E-state index contributed by atoms with van der Waals surface area (Å²) < 4.78 is 25.6. The number of alkyl halides is 2. The van der Waals surface area contributed by atoms with Crippen LogP contribution in [0.1, 0.15) is 25.7 Å². The first kappa shape index (κ1) is 8.42. The van der Waals surface area contributed by atoms with Gasteiger partial charge in [-0.15, -0.1) is 0 Å². The third kappa shape index (κ3) is 0.920. The maximum Gasteiger partial charge on any atom is 0.256 e. The second-order valence-electron chi connectivity index (χ2n) is 4.17. The lowest BCUT2D eigenvalue weighted by atomic mass is 9.81. The number of fused-ring (bicyclic) bond motifs is 2. The quantitative estimate of drug-likeness (QED) is 0.677. The Balaban J connectivity index is 2.19. The lowest BCUT2D eigenvalue weighted by Gasteiger charge is -2.36. The van der Waals surface area contributed by atoms with Crippen molar-refractivity contribution in [1.82, 2.24) is 5.32 Å². The van der Waals surface area contributed by atoms with Crippen LogP contribution >= 0.6 is 0 Å². The third-order valence-electron chi connectivity index (χ3n) is 3.75. The number of halogens is 2. The highest BCUT2D eigenvalue weighted by Gasteiger charge is 2.55. The van der Waals surface area contributed by atoms with Crippen LogP contribution in [0.2, 0.25) is 0 Å². The zero-order valence-corrected chi connectivity index (χ0v) is 7.32. The summed E-state index contributed by atoms with van der Waals surface area (Å²) in [5, 5.41) is 2.86. The summed E-state index contributed by atoms with van der Waals surface area (Å²) in [6.45, 7) is 0. The molecule has 3 atom stereocenters. The monoisotopic (exact) mass is 175 g/mol. The van der Waals surface area contributed by atoms with Gasteiger partial charge < -0.3 is 5.32 Å². The number of nitrogens with one attached hydrogen (secondary N) is 1. The van der Waals surface area contributed by atoms with Crippen LogP contribution in [0.3, 0.4) is 0 Å². The first-order valence-electron chi connectivity index (χ1n) is 4.66. The summed E-state index contributed by atoms with van der Waals surface area (Å²) in [7, 11) is 1.67. The van der Waals surface area contributed by atoms with Crippen LogP contribution in [0.25, 0.3) is 0 Å². The molecule has 0 saturated heterocycles. The maximum absolute atomic E-state index is 12.8. The average molecular weight is 175 g/mol. The molecular weight excluding hydrogens is 160 g/mol. The van der Waals surface area contributed by atoms with E-state index in [1.807, 2.05) is 0 Å². The SMILES string of the molecule is CNC1(C(F)F)CC2CCC1C2. The van der Waals surface area contributed by atoms with Crippen LogP contribution in [0, 0.1) is 11.8 Å². The average Bonchev–Trinajstić information content (AvgIpc) is 2.62. The fraction of sp³-hybridized carbons (Fsp3) is 1.00. The molecule has 2 aliphatic carbocycles. The van der Waals surface area contributed by atoms with Gasteiger partial charge in [0.25, 0.3) is 6.43 Å². The third-order valence-corrected chi connectivity index (χ3v) is 3.75. The number of rotatable bonds is 2. The van der Waals surface area contributed by atoms with Gasteiger partial charge in [-0.3, -0.25) is 0 Å². The highest BCUT2D eigenvalue weighted by molar-refractivity contribution is 5.07. The van der Waals surface area contributed by atoms with Crippen molar-refractivity contribution in [2.24, 2.45) is 11.8 Å². The van der Waals surface area contributed by atoms with Gasteiger partial charge in [-0.25, -0.2) is 8.78 Å². The molecule has 0 spiro atoms. The van der Waals surface area contributed by atoms with Crippen molar-refractivity contribution in [2.75, 3.05) is 7.05 Å². The molecule has 1 N–H and O–H groups in total. The second-order valence-corrected chi connectivity index (χ2v) is 4.17. The second kappa shape index (κ2) is 2.66. The molecular formula is C9H15F2N. The molecule has 1 nitrogen and oxygen atoms in total. The Morgan fingerprint density at radius 3 is 2.42 bits per heavy atom. The van der Waals surface area contributed by atoms with Crippen LogP contribution in [0.15, 0.2) is 0 Å². The zero-order chi connectivity index (χ0) is 8.77. The van der Waals surface area contributed by atoms with Gasteiger partial charge in [0, 0.05) is 0 Å². The number of hydrogen-bond donors (Lipinski definition) is 1. The van der Waals surface area contributed by atoms with Gasteiger partial charge in [0.05, 0.1) is 5.54 Å². The molecule has 3 heteroatoms. The minimum absolute atomic E-state index is 0.229. The van der Waals surface area contributed by atoms with Gasteiger partial charge in [0.2, 0.25) is 0 Å². The molecule has 0 aromatic carbocycles. The van der Waals surface area contributed by atoms with Gasteiger partial charge in [0.15, 0.2) is 0 Å². The van der Waals surface area contributed by atoms with Crippen LogP contribution in [-0.2, 0) is 0 Å². The smallest absolute Gasteiger partial charge is 0.256 e. The van der Waals surface area contributed by atoms with E-state index in [1.54, 1.807) is 7.05 Å². The molecule has 0 aliphatic heterocycles. The van der Waals surface area contributed by atoms with E-state index in [4.69, 9.17) is 0 Å². The number of hydrogen-bond acceptors (Lipinski definition) is 1. The molecule has 2 saturated carbocycles. The topological polar surface area (TPSA) is 12.0 Å². The molecule has 0 aromatic heterocycles. The van der Waals surface area contributed by atoms with Crippen molar-refractivity contribution >= 4 is 0 Å². The Morgan fingerprint density at radius 2 is 2.17 bits per heavy atom. The Kier molecular flexibility index (Phi) is 1.86. The molecule has 0 heterocycles. The molecule has 0 radical (unpaired) electrons. The summed E-state index contributed by atoms with van der Waals surface area (Å²) >= 11 is 0. The van der Waals surface area contributed by atoms with Crippen LogP contribution in [0.4, 0.5) is 8.78 Å². The first-order chi connectivity index (χ1) is 5.69. The Labute approximate surface area is 71.5 Å². The molecule has 0 amide bonds. The van der Waals surface area contributed by atoms with E-state index in [1.165, 1.54) is 6.42 Å². The van der Waals surface area contributed by atoms with E-state index >= 15 is 0 Å². The predicted molar refractivity (Wildman–Crippen MR) is 43.2 cm³/mol. The predicted octanol–water partition coefficient (Wildman–Crippen LogP) is 2.03. The standard InChI is InChI=1S/C9H15F2N/c1-12-9(8(10)11)5-6-2-3-7(9)4-6/h6-8,12H,2-5H2,1H3. The van der Waals surface area contributed by atoms with Crippen LogP contribution in [0.5, 0.6) is 0 Å². The molecule has 2 fully saturated rings. The highest BCUT2D eigenvalue weighted by Crippen LogP contribution is 2.52. The molecule has 70 valence electrons. The summed E-state index contributed by atoms with van der Waals surface area (Å²) in [5.41, 5.74) is -0.830. The normalized spacial score (nSPS) is 46.0. The Morgan fingerprint density at radius 1 is 1.42 bits per heavy atom. The zero-order valence-electron chi connectivity index (χ0n) is 7.32. The lowest BCUT2D eigenvalue weighted by molar-refractivity contribution is 0.000277. The molecule has 0 aromatic rings. The van der Waals surface area contributed by atoms with E-state index in [0.717, 1.165) is 12.8 Å². The minimum Gasteiger partial charge on any atom is -0.309 e. The first-order valence-corrected chi connectivity index (χ1v) is 4.66. The van der Waals surface area contributed by atoms with Gasteiger partial charge in [0.1, 0.15) is 0 Å². The lowest BCUT2D eigenvalue weighted by Crippen LogP contribution is -2.53. The van der Waals surface area contributed by atoms with Crippen LogP contribution in [-0.4, -0.2) is 19.0 Å². The fourth-order valence-corrected chi connectivity index (χ4v) is 3.06. The molecule has 2 aliphatic rings. The maximum atomic E-state index is 12.8. The highest BCUT2D eigenvalue weighted by atomic mass is 19.3. The largest absolute Gasteiger partial charge is 0.309 e. The van der Waals surface area contributed by atoms with Crippen LogP contribution < -0.4 is 5.32 Å². The summed E-state index contributed by atoms with van der Waals surface area (Å²) in [5.74, 6) is 0.795. The van der Waals surface area contributed by atoms with Crippen molar-refractivity contribution in [2.45, 2.75) is 37.6 Å². The van der Waals surface area contributed by atoms with Gasteiger partial charge >= 0.3 is 0 Å². The van der Waals surface area contributed by atoms with E-state index in [0.29, 0.717) is 12.3 Å². The fourth-order valence-electron chi connectivity index (χ4n) is 3.06. The van der Waals surface area contributed by atoms with E-state index in [9.17, 15) is 8.78 Å². The van der Waals surface area contributed by atoms with E-state index in [2.05, 4.69) is 5.32 Å².